The molecule has 0 spiro atoms. The third kappa shape index (κ3) is 4.43. The van der Waals surface area contributed by atoms with Crippen molar-refractivity contribution >= 4 is 52.6 Å². The van der Waals surface area contributed by atoms with E-state index in [0.29, 0.717) is 16.6 Å². The molecule has 4 rings (SSSR count). The molecule has 0 radical (unpaired) electrons. The molecule has 0 bridgehead atoms. The number of anilines is 1. The van der Waals surface area contributed by atoms with Crippen LogP contribution in [0.1, 0.15) is 30.9 Å². The van der Waals surface area contributed by atoms with Crippen LogP contribution in [0.2, 0.25) is 10.0 Å². The number of thioether (sulfide) groups is 1. The average Bonchev–Trinajstić information content (AvgIpc) is 2.74. The lowest BCUT2D eigenvalue weighted by atomic mass is 9.73. The maximum atomic E-state index is 13.3. The largest absolute Gasteiger partial charge is 0.307 e. The molecule has 0 unspecified atom stereocenters. The highest BCUT2D eigenvalue weighted by molar-refractivity contribution is 8.04. The summed E-state index contributed by atoms with van der Waals surface area (Å²) in [5.74, 6) is 0.871. The fraction of sp³-hybridized carbons (Fsp3) is 0.375. The molecule has 2 aliphatic rings. The van der Waals surface area contributed by atoms with Gasteiger partial charge in [-0.1, -0.05) is 54.4 Å². The van der Waals surface area contributed by atoms with Gasteiger partial charge in [-0.25, -0.2) is 0 Å². The van der Waals surface area contributed by atoms with Gasteiger partial charge in [-0.2, -0.15) is 0 Å². The lowest BCUT2D eigenvalue weighted by Crippen LogP contribution is -2.39. The number of halogens is 2. The van der Waals surface area contributed by atoms with Gasteiger partial charge in [-0.3, -0.25) is 4.79 Å². The fourth-order valence-corrected chi connectivity index (χ4v) is 5.47. The second kappa shape index (κ2) is 8.96. The van der Waals surface area contributed by atoms with Crippen molar-refractivity contribution in [3.05, 3.63) is 68.5 Å². The van der Waals surface area contributed by atoms with E-state index < -0.39 is 0 Å². The van der Waals surface area contributed by atoms with E-state index in [1.807, 2.05) is 6.07 Å². The molecule has 1 amide bonds. The van der Waals surface area contributed by atoms with Crippen LogP contribution < -0.4 is 4.90 Å². The smallest absolute Gasteiger partial charge is 0.264 e. The second-order valence-electron chi connectivity index (χ2n) is 8.36. The lowest BCUT2D eigenvalue weighted by molar-refractivity contribution is -0.114. The van der Waals surface area contributed by atoms with E-state index in [1.54, 1.807) is 28.8 Å². The van der Waals surface area contributed by atoms with E-state index in [1.165, 1.54) is 5.56 Å². The minimum atomic E-state index is 0.0213. The highest BCUT2D eigenvalue weighted by Crippen LogP contribution is 2.39. The Hall–Kier alpha value is -1.46. The maximum absolute atomic E-state index is 13.3. The molecule has 0 saturated carbocycles. The van der Waals surface area contributed by atoms with E-state index in [9.17, 15) is 4.79 Å². The average molecular weight is 461 g/mol. The first-order valence-electron chi connectivity index (χ1n) is 10.3. The van der Waals surface area contributed by atoms with Crippen LogP contribution in [-0.4, -0.2) is 43.2 Å². The van der Waals surface area contributed by atoms with E-state index in [0.717, 1.165) is 47.8 Å². The van der Waals surface area contributed by atoms with Crippen LogP contribution in [0.3, 0.4) is 0 Å². The number of hydrogen-bond acceptors (Lipinski definition) is 3. The van der Waals surface area contributed by atoms with Crippen molar-refractivity contribution in [1.82, 2.24) is 4.90 Å². The highest BCUT2D eigenvalue weighted by atomic mass is 35.5. The molecule has 2 fully saturated rings. The van der Waals surface area contributed by atoms with E-state index in [-0.39, 0.29) is 11.3 Å². The number of piperidine rings is 1. The van der Waals surface area contributed by atoms with Crippen LogP contribution in [0.25, 0.3) is 6.08 Å². The number of nitrogens with zero attached hydrogens (tertiary/aromatic N) is 2. The number of benzene rings is 2. The number of carbonyl (C=O) groups excluding carboxylic acids is 1. The molecule has 2 aromatic rings. The van der Waals surface area contributed by atoms with Gasteiger partial charge in [-0.15, -0.1) is 11.8 Å². The molecule has 6 heteroatoms. The van der Waals surface area contributed by atoms with Gasteiger partial charge >= 0.3 is 0 Å². The van der Waals surface area contributed by atoms with Gasteiger partial charge < -0.3 is 9.80 Å². The summed E-state index contributed by atoms with van der Waals surface area (Å²) in [5, 5.41) is 0.960. The Morgan fingerprint density at radius 3 is 2.50 bits per heavy atom. The molecule has 2 heterocycles. The van der Waals surface area contributed by atoms with Gasteiger partial charge in [-0.05, 0) is 73.8 Å². The zero-order valence-electron chi connectivity index (χ0n) is 17.3. The third-order valence-corrected chi connectivity index (χ3v) is 7.96. The van der Waals surface area contributed by atoms with Crippen LogP contribution in [-0.2, 0) is 10.2 Å². The molecule has 0 aromatic heterocycles. The van der Waals surface area contributed by atoms with E-state index in [4.69, 9.17) is 23.2 Å². The summed E-state index contributed by atoms with van der Waals surface area (Å²) in [5.41, 5.74) is 3.41. The Labute approximate surface area is 193 Å². The zero-order valence-corrected chi connectivity index (χ0v) is 19.7. The van der Waals surface area contributed by atoms with Gasteiger partial charge in [0.05, 0.1) is 15.0 Å². The third-order valence-electron chi connectivity index (χ3n) is 6.23. The number of hydrogen-bond donors (Lipinski definition) is 0. The molecule has 0 aliphatic carbocycles. The first kappa shape index (κ1) is 21.8. The van der Waals surface area contributed by atoms with Crippen LogP contribution in [0.4, 0.5) is 5.69 Å². The van der Waals surface area contributed by atoms with Crippen molar-refractivity contribution in [2.45, 2.75) is 25.2 Å². The van der Waals surface area contributed by atoms with Crippen molar-refractivity contribution in [3.8, 4) is 0 Å². The van der Waals surface area contributed by atoms with Crippen LogP contribution in [0, 0.1) is 0 Å². The maximum Gasteiger partial charge on any atom is 0.264 e. The van der Waals surface area contributed by atoms with E-state index in [2.05, 4.69) is 49.2 Å². The van der Waals surface area contributed by atoms with Crippen molar-refractivity contribution in [1.29, 1.82) is 0 Å². The first-order valence-corrected chi connectivity index (χ1v) is 12.0. The number of likely N-dealkylation sites (tertiary alicyclic amines) is 1. The van der Waals surface area contributed by atoms with Gasteiger partial charge in [0.1, 0.15) is 0 Å². The SMILES string of the molecule is CN1CCC(C)(c2ccccc2C=C2SCCN(c3ccc(Cl)c(Cl)c3)C2=O)CC1. The van der Waals surface area contributed by atoms with Crippen LogP contribution >= 0.6 is 35.0 Å². The van der Waals surface area contributed by atoms with Crippen molar-refractivity contribution in [2.75, 3.05) is 37.3 Å². The van der Waals surface area contributed by atoms with Gasteiger partial charge in [0.2, 0.25) is 0 Å². The van der Waals surface area contributed by atoms with Crippen molar-refractivity contribution in [2.24, 2.45) is 0 Å². The van der Waals surface area contributed by atoms with Gasteiger partial charge in [0.25, 0.3) is 5.91 Å². The standard InChI is InChI=1S/C24H26Cl2N2OS/c1-24(9-11-27(2)12-10-24)19-6-4-3-5-17(19)15-22-23(29)28(13-14-30-22)18-7-8-20(25)21(26)16-18/h3-8,15-16H,9-14H2,1-2H3. The lowest BCUT2D eigenvalue weighted by Gasteiger charge is -2.39. The monoisotopic (exact) mass is 460 g/mol. The summed E-state index contributed by atoms with van der Waals surface area (Å²) in [6, 6.07) is 13.9. The number of carbonyl (C=O) groups is 1. The zero-order chi connectivity index (χ0) is 21.3. The minimum Gasteiger partial charge on any atom is -0.307 e. The quantitative estimate of drug-likeness (QED) is 0.517. The molecule has 3 nitrogen and oxygen atoms in total. The molecule has 2 saturated heterocycles. The van der Waals surface area contributed by atoms with Crippen molar-refractivity contribution in [3.63, 3.8) is 0 Å². The minimum absolute atomic E-state index is 0.0213. The molecule has 158 valence electrons. The van der Waals surface area contributed by atoms with Crippen LogP contribution in [0.5, 0.6) is 0 Å². The Bertz CT molecular complexity index is 983. The molecule has 0 N–H and O–H groups in total. The van der Waals surface area contributed by atoms with Gasteiger partial charge in [0.15, 0.2) is 0 Å². The normalized spacial score (nSPS) is 21.3. The summed E-state index contributed by atoms with van der Waals surface area (Å²) in [7, 11) is 2.18. The summed E-state index contributed by atoms with van der Waals surface area (Å²) >= 11 is 13.9. The number of amides is 1. The fourth-order valence-electron chi connectivity index (χ4n) is 4.24. The molecular formula is C24H26Cl2N2OS. The van der Waals surface area contributed by atoms with Crippen molar-refractivity contribution < 1.29 is 4.79 Å². The second-order valence-corrected chi connectivity index (χ2v) is 10.3. The van der Waals surface area contributed by atoms with E-state index >= 15 is 0 Å². The molecule has 2 aliphatic heterocycles. The topological polar surface area (TPSA) is 23.6 Å². The summed E-state index contributed by atoms with van der Waals surface area (Å²) in [4.78, 5) is 18.2. The molecule has 30 heavy (non-hydrogen) atoms. The van der Waals surface area contributed by atoms with Crippen LogP contribution in [0.15, 0.2) is 47.4 Å². The summed E-state index contributed by atoms with van der Waals surface area (Å²) in [6.07, 6.45) is 4.33. The Morgan fingerprint density at radius 1 is 1.03 bits per heavy atom. The number of rotatable bonds is 3. The molecule has 0 atom stereocenters. The summed E-state index contributed by atoms with van der Waals surface area (Å²) in [6.45, 7) is 5.21. The molecular weight excluding hydrogens is 435 g/mol. The predicted molar refractivity (Wildman–Crippen MR) is 130 cm³/mol. The molecule has 2 aromatic carbocycles. The Balaban J connectivity index is 1.65. The Kier molecular flexibility index (Phi) is 6.50. The first-order chi connectivity index (χ1) is 14.4. The predicted octanol–water partition coefficient (Wildman–Crippen LogP) is 6.10. The van der Waals surface area contributed by atoms with Gasteiger partial charge in [0, 0.05) is 18.0 Å². The Morgan fingerprint density at radius 2 is 1.77 bits per heavy atom. The summed E-state index contributed by atoms with van der Waals surface area (Å²) < 4.78 is 0. The highest BCUT2D eigenvalue weighted by Gasteiger charge is 2.33.